The van der Waals surface area contributed by atoms with Gasteiger partial charge in [-0.3, -0.25) is 0 Å². The van der Waals surface area contributed by atoms with Crippen molar-refractivity contribution in [3.63, 3.8) is 0 Å². The second kappa shape index (κ2) is 8.57. The van der Waals surface area contributed by atoms with Crippen LogP contribution in [0, 0.1) is 0 Å². The summed E-state index contributed by atoms with van der Waals surface area (Å²) in [5.41, 5.74) is -0.896. The smallest absolute Gasteiger partial charge is 0.416 e. The zero-order valence-corrected chi connectivity index (χ0v) is 15.8. The first kappa shape index (κ1) is 21.6. The Morgan fingerprint density at radius 2 is 1.70 bits per heavy atom. The number of hydrogen-bond donors (Lipinski definition) is 0. The average Bonchev–Trinajstić information content (AvgIpc) is 2.65. The molecule has 1 aromatic rings. The Balaban J connectivity index is 1.98. The van der Waals surface area contributed by atoms with Crippen LogP contribution in [0.3, 0.4) is 0 Å². The highest BCUT2D eigenvalue weighted by Gasteiger charge is 2.34. The SMILES string of the molecule is COC(=O)CO[C@H]1CC[C@H](N(C)S(=O)(=O)c2ccc(C(F)(F)F)cc2)CC1. The summed E-state index contributed by atoms with van der Waals surface area (Å²) in [5.74, 6) is -0.473. The van der Waals surface area contributed by atoms with Gasteiger partial charge in [0.2, 0.25) is 10.0 Å². The topological polar surface area (TPSA) is 72.9 Å². The number of benzene rings is 1. The first-order valence-electron chi connectivity index (χ1n) is 8.39. The van der Waals surface area contributed by atoms with Crippen LogP contribution in [0.4, 0.5) is 13.2 Å². The van der Waals surface area contributed by atoms with E-state index < -0.39 is 27.7 Å². The van der Waals surface area contributed by atoms with E-state index in [-0.39, 0.29) is 23.6 Å². The highest BCUT2D eigenvalue weighted by atomic mass is 32.2. The average molecular weight is 409 g/mol. The fourth-order valence-electron chi connectivity index (χ4n) is 3.00. The zero-order chi connectivity index (χ0) is 20.2. The molecule has 0 aromatic heterocycles. The fourth-order valence-corrected chi connectivity index (χ4v) is 4.41. The molecule has 1 aliphatic rings. The highest BCUT2D eigenvalue weighted by Crippen LogP contribution is 2.31. The van der Waals surface area contributed by atoms with Crippen LogP contribution in [0.5, 0.6) is 0 Å². The summed E-state index contributed by atoms with van der Waals surface area (Å²) in [6.45, 7) is -0.147. The Bertz CT molecular complexity index is 741. The number of carbonyl (C=O) groups excluding carboxylic acids is 1. The minimum Gasteiger partial charge on any atom is -0.467 e. The lowest BCUT2D eigenvalue weighted by Gasteiger charge is -2.33. The van der Waals surface area contributed by atoms with Crippen molar-refractivity contribution in [1.29, 1.82) is 0 Å². The first-order chi connectivity index (χ1) is 12.6. The van der Waals surface area contributed by atoms with Crippen LogP contribution in [0.15, 0.2) is 29.2 Å². The van der Waals surface area contributed by atoms with Crippen molar-refractivity contribution in [2.24, 2.45) is 0 Å². The number of hydrogen-bond acceptors (Lipinski definition) is 5. The molecule has 0 aliphatic heterocycles. The third-order valence-electron chi connectivity index (χ3n) is 4.68. The summed E-state index contributed by atoms with van der Waals surface area (Å²) in [7, 11) is -1.21. The van der Waals surface area contributed by atoms with Crippen LogP contribution in [-0.4, -0.2) is 51.6 Å². The van der Waals surface area contributed by atoms with Crippen molar-refractivity contribution < 1.29 is 35.9 Å². The molecule has 0 saturated heterocycles. The number of ether oxygens (including phenoxy) is 2. The van der Waals surface area contributed by atoms with Gasteiger partial charge in [0.25, 0.3) is 0 Å². The van der Waals surface area contributed by atoms with E-state index in [0.717, 1.165) is 24.3 Å². The molecule has 1 aliphatic carbocycles. The minimum absolute atomic E-state index is 0.147. The second-order valence-electron chi connectivity index (χ2n) is 6.36. The van der Waals surface area contributed by atoms with E-state index in [9.17, 15) is 26.4 Å². The molecule has 0 radical (unpaired) electrons. The van der Waals surface area contributed by atoms with E-state index in [1.807, 2.05) is 0 Å². The molecule has 1 aromatic carbocycles. The van der Waals surface area contributed by atoms with Crippen molar-refractivity contribution in [2.45, 2.75) is 48.9 Å². The Hall–Kier alpha value is -1.65. The Morgan fingerprint density at radius 1 is 1.15 bits per heavy atom. The van der Waals surface area contributed by atoms with Gasteiger partial charge in [-0.25, -0.2) is 13.2 Å². The van der Waals surface area contributed by atoms with Crippen molar-refractivity contribution in [2.75, 3.05) is 20.8 Å². The maximum absolute atomic E-state index is 12.7. The Kier molecular flexibility index (Phi) is 6.87. The molecule has 0 bridgehead atoms. The van der Waals surface area contributed by atoms with Gasteiger partial charge < -0.3 is 9.47 Å². The third-order valence-corrected chi connectivity index (χ3v) is 6.61. The lowest BCUT2D eigenvalue weighted by molar-refractivity contribution is -0.148. The van der Waals surface area contributed by atoms with Crippen LogP contribution in [0.1, 0.15) is 31.2 Å². The molecular formula is C17H22F3NO5S. The summed E-state index contributed by atoms with van der Waals surface area (Å²) in [6, 6.07) is 3.19. The Labute approximate surface area is 156 Å². The van der Waals surface area contributed by atoms with Gasteiger partial charge in [0, 0.05) is 13.1 Å². The maximum atomic E-state index is 12.7. The van der Waals surface area contributed by atoms with E-state index in [2.05, 4.69) is 4.74 Å². The zero-order valence-electron chi connectivity index (χ0n) is 15.0. The van der Waals surface area contributed by atoms with Crippen molar-refractivity contribution in [1.82, 2.24) is 4.31 Å². The molecule has 0 N–H and O–H groups in total. The number of rotatable bonds is 6. The molecule has 10 heteroatoms. The van der Waals surface area contributed by atoms with Crippen LogP contribution >= 0.6 is 0 Å². The van der Waals surface area contributed by atoms with E-state index in [1.54, 1.807) is 0 Å². The van der Waals surface area contributed by atoms with Crippen LogP contribution in [0.25, 0.3) is 0 Å². The lowest BCUT2D eigenvalue weighted by atomic mass is 9.93. The van der Waals surface area contributed by atoms with Gasteiger partial charge in [0.1, 0.15) is 6.61 Å². The van der Waals surface area contributed by atoms with Crippen LogP contribution < -0.4 is 0 Å². The molecule has 152 valence electrons. The van der Waals surface area contributed by atoms with Gasteiger partial charge in [-0.15, -0.1) is 0 Å². The number of methoxy groups -OCH3 is 1. The van der Waals surface area contributed by atoms with Gasteiger partial charge in [-0.2, -0.15) is 17.5 Å². The molecule has 0 unspecified atom stereocenters. The highest BCUT2D eigenvalue weighted by molar-refractivity contribution is 7.89. The number of halogens is 3. The summed E-state index contributed by atoms with van der Waals surface area (Å²) in [6.07, 6.45) is -2.45. The maximum Gasteiger partial charge on any atom is 0.416 e. The van der Waals surface area contributed by atoms with Gasteiger partial charge in [0.15, 0.2) is 0 Å². The van der Waals surface area contributed by atoms with Gasteiger partial charge in [0.05, 0.1) is 23.7 Å². The summed E-state index contributed by atoms with van der Waals surface area (Å²) < 4.78 is 74.4. The van der Waals surface area contributed by atoms with Gasteiger partial charge in [-0.05, 0) is 49.9 Å². The number of alkyl halides is 3. The van der Waals surface area contributed by atoms with E-state index in [0.29, 0.717) is 25.7 Å². The van der Waals surface area contributed by atoms with E-state index >= 15 is 0 Å². The Morgan fingerprint density at radius 3 is 2.19 bits per heavy atom. The molecule has 1 saturated carbocycles. The van der Waals surface area contributed by atoms with Crippen LogP contribution in [-0.2, 0) is 30.5 Å². The monoisotopic (exact) mass is 409 g/mol. The van der Waals surface area contributed by atoms with Gasteiger partial charge >= 0.3 is 12.1 Å². The predicted octanol–water partition coefficient (Wildman–Crippen LogP) is 2.83. The van der Waals surface area contributed by atoms with Crippen LogP contribution in [0.2, 0.25) is 0 Å². The van der Waals surface area contributed by atoms with Crippen molar-refractivity contribution in [3.05, 3.63) is 29.8 Å². The van der Waals surface area contributed by atoms with E-state index in [4.69, 9.17) is 4.74 Å². The third kappa shape index (κ3) is 5.43. The summed E-state index contributed by atoms with van der Waals surface area (Å²) >= 11 is 0. The molecule has 0 heterocycles. The minimum atomic E-state index is -4.52. The first-order valence-corrected chi connectivity index (χ1v) is 9.83. The van der Waals surface area contributed by atoms with Gasteiger partial charge in [-0.1, -0.05) is 0 Å². The standard InChI is InChI=1S/C17H22F3NO5S/c1-21(13-5-7-14(8-6-13)26-11-16(22)25-2)27(23,24)15-9-3-12(4-10-15)17(18,19)20/h3-4,9-10,13-14H,5-8,11H2,1-2H3/t13-,14-. The largest absolute Gasteiger partial charge is 0.467 e. The van der Waals surface area contributed by atoms with Crippen molar-refractivity contribution in [3.8, 4) is 0 Å². The molecule has 6 nitrogen and oxygen atoms in total. The number of nitrogens with zero attached hydrogens (tertiary/aromatic N) is 1. The molecule has 1 fully saturated rings. The number of esters is 1. The lowest BCUT2D eigenvalue weighted by Crippen LogP contribution is -2.40. The molecule has 27 heavy (non-hydrogen) atoms. The summed E-state index contributed by atoms with van der Waals surface area (Å²) in [4.78, 5) is 10.9. The molecule has 0 atom stereocenters. The van der Waals surface area contributed by atoms with Crippen molar-refractivity contribution >= 4 is 16.0 Å². The normalized spacial score (nSPS) is 21.3. The molecule has 0 amide bonds. The second-order valence-corrected chi connectivity index (χ2v) is 8.36. The predicted molar refractivity (Wildman–Crippen MR) is 90.4 cm³/mol. The molecule has 0 spiro atoms. The number of sulfonamides is 1. The number of carbonyl (C=O) groups is 1. The van der Waals surface area contributed by atoms with E-state index in [1.165, 1.54) is 18.5 Å². The quantitative estimate of drug-likeness (QED) is 0.676. The molecular weight excluding hydrogens is 387 g/mol. The molecule has 2 rings (SSSR count). The summed E-state index contributed by atoms with van der Waals surface area (Å²) in [5, 5.41) is 0. The fraction of sp³-hybridized carbons (Fsp3) is 0.588.